The molecule has 1 heterocycles. The SMILES string of the molecule is CC(C)CC(NC(=O)[C@H](CO)NC(=O)C1Cc2ccccc2C1)C(=O)C1(CO)CO1. The highest BCUT2D eigenvalue weighted by molar-refractivity contribution is 5.98. The van der Waals surface area contributed by atoms with Crippen LogP contribution in [0, 0.1) is 11.8 Å². The first kappa shape index (κ1) is 22.4. The predicted octanol–water partition coefficient (Wildman–Crippen LogP) is -0.260. The van der Waals surface area contributed by atoms with Crippen molar-refractivity contribution >= 4 is 17.6 Å². The maximum atomic E-state index is 12.7. The Morgan fingerprint density at radius 3 is 2.17 bits per heavy atom. The first-order valence-electron chi connectivity index (χ1n) is 10.4. The van der Waals surface area contributed by atoms with Gasteiger partial charge < -0.3 is 25.6 Å². The van der Waals surface area contributed by atoms with E-state index in [1.165, 1.54) is 0 Å². The van der Waals surface area contributed by atoms with Crippen LogP contribution in [0.2, 0.25) is 0 Å². The molecule has 30 heavy (non-hydrogen) atoms. The molecule has 2 amide bonds. The molecule has 0 radical (unpaired) electrons. The lowest BCUT2D eigenvalue weighted by molar-refractivity contribution is -0.135. The average Bonchev–Trinajstić information content (AvgIpc) is 3.40. The van der Waals surface area contributed by atoms with Gasteiger partial charge in [-0.3, -0.25) is 14.4 Å². The Morgan fingerprint density at radius 2 is 1.70 bits per heavy atom. The number of nitrogens with one attached hydrogen (secondary N) is 2. The average molecular weight is 418 g/mol. The Kier molecular flexibility index (Phi) is 6.90. The van der Waals surface area contributed by atoms with Crippen molar-refractivity contribution in [1.29, 1.82) is 0 Å². The van der Waals surface area contributed by atoms with Crippen molar-refractivity contribution in [3.63, 3.8) is 0 Å². The molecule has 1 aliphatic carbocycles. The molecule has 1 aliphatic heterocycles. The van der Waals surface area contributed by atoms with Gasteiger partial charge in [-0.2, -0.15) is 0 Å². The van der Waals surface area contributed by atoms with Crippen LogP contribution in [0.15, 0.2) is 24.3 Å². The number of ether oxygens (including phenoxy) is 1. The van der Waals surface area contributed by atoms with Crippen molar-refractivity contribution in [2.75, 3.05) is 19.8 Å². The predicted molar refractivity (Wildman–Crippen MR) is 109 cm³/mol. The van der Waals surface area contributed by atoms with E-state index in [-0.39, 0.29) is 30.1 Å². The fraction of sp³-hybridized carbons (Fsp3) is 0.591. The molecule has 0 aromatic heterocycles. The lowest BCUT2D eigenvalue weighted by Gasteiger charge is -2.25. The second-order valence-corrected chi connectivity index (χ2v) is 8.61. The van der Waals surface area contributed by atoms with Crippen LogP contribution in [-0.4, -0.2) is 65.3 Å². The number of ketones is 1. The van der Waals surface area contributed by atoms with Crippen molar-refractivity contribution in [2.24, 2.45) is 11.8 Å². The maximum Gasteiger partial charge on any atom is 0.245 e. The summed E-state index contributed by atoms with van der Waals surface area (Å²) in [5, 5.41) is 24.4. The van der Waals surface area contributed by atoms with Crippen LogP contribution in [-0.2, 0) is 32.0 Å². The summed E-state index contributed by atoms with van der Waals surface area (Å²) < 4.78 is 5.13. The molecule has 1 aromatic carbocycles. The number of fused-ring (bicyclic) bond motifs is 1. The molecule has 2 aliphatic rings. The normalized spacial score (nSPS) is 22.3. The van der Waals surface area contributed by atoms with Crippen molar-refractivity contribution in [3.8, 4) is 0 Å². The molecule has 1 saturated heterocycles. The van der Waals surface area contributed by atoms with Crippen LogP contribution >= 0.6 is 0 Å². The second kappa shape index (κ2) is 9.24. The summed E-state index contributed by atoms with van der Waals surface area (Å²) in [6.07, 6.45) is 1.54. The van der Waals surface area contributed by atoms with Crippen LogP contribution in [0.1, 0.15) is 31.4 Å². The van der Waals surface area contributed by atoms with Gasteiger partial charge in [-0.15, -0.1) is 0 Å². The monoisotopic (exact) mass is 418 g/mol. The zero-order valence-corrected chi connectivity index (χ0v) is 17.4. The fourth-order valence-electron chi connectivity index (χ4n) is 3.92. The first-order valence-corrected chi connectivity index (χ1v) is 10.4. The number of hydrogen-bond acceptors (Lipinski definition) is 6. The summed E-state index contributed by atoms with van der Waals surface area (Å²) in [4.78, 5) is 38.2. The van der Waals surface area contributed by atoms with Gasteiger partial charge >= 0.3 is 0 Å². The number of aliphatic hydroxyl groups excluding tert-OH is 2. The van der Waals surface area contributed by atoms with Gasteiger partial charge in [-0.1, -0.05) is 38.1 Å². The molecule has 3 atom stereocenters. The molecule has 0 bridgehead atoms. The van der Waals surface area contributed by atoms with Gasteiger partial charge in [0.2, 0.25) is 11.8 Å². The molecule has 1 fully saturated rings. The van der Waals surface area contributed by atoms with Crippen LogP contribution < -0.4 is 10.6 Å². The van der Waals surface area contributed by atoms with E-state index < -0.39 is 36.8 Å². The number of amides is 2. The number of Topliss-reactive ketones (excluding diaryl/α,β-unsaturated/α-hetero) is 1. The molecule has 1 aromatic rings. The van der Waals surface area contributed by atoms with Crippen molar-refractivity contribution < 1.29 is 29.3 Å². The molecular weight excluding hydrogens is 388 g/mol. The largest absolute Gasteiger partial charge is 0.394 e. The van der Waals surface area contributed by atoms with E-state index in [2.05, 4.69) is 10.6 Å². The van der Waals surface area contributed by atoms with Crippen LogP contribution in [0.5, 0.6) is 0 Å². The highest BCUT2D eigenvalue weighted by Crippen LogP contribution is 2.30. The fourth-order valence-corrected chi connectivity index (χ4v) is 3.92. The number of benzene rings is 1. The molecular formula is C22H30N2O6. The summed E-state index contributed by atoms with van der Waals surface area (Å²) >= 11 is 0. The Labute approximate surface area is 176 Å². The Bertz CT molecular complexity index is 780. The Balaban J connectivity index is 1.61. The summed E-state index contributed by atoms with van der Waals surface area (Å²) in [5.74, 6) is -1.51. The number of rotatable bonds is 10. The summed E-state index contributed by atoms with van der Waals surface area (Å²) in [5.41, 5.74) is 0.980. The number of carbonyl (C=O) groups excluding carboxylic acids is 3. The zero-order valence-electron chi connectivity index (χ0n) is 17.4. The van der Waals surface area contributed by atoms with Gasteiger partial charge in [0.05, 0.1) is 25.9 Å². The van der Waals surface area contributed by atoms with Gasteiger partial charge in [-0.25, -0.2) is 0 Å². The molecule has 4 N–H and O–H groups in total. The summed E-state index contributed by atoms with van der Waals surface area (Å²) in [6, 6.07) is 5.80. The minimum atomic E-state index is -1.25. The van der Waals surface area contributed by atoms with Gasteiger partial charge in [-0.05, 0) is 36.3 Å². The third-order valence-electron chi connectivity index (χ3n) is 5.77. The van der Waals surface area contributed by atoms with Gasteiger partial charge in [0.1, 0.15) is 6.04 Å². The summed E-state index contributed by atoms with van der Waals surface area (Å²) in [6.45, 7) is 2.92. The lowest BCUT2D eigenvalue weighted by atomic mass is 9.92. The van der Waals surface area contributed by atoms with Crippen LogP contribution in [0.25, 0.3) is 0 Å². The zero-order chi connectivity index (χ0) is 21.9. The van der Waals surface area contributed by atoms with E-state index in [0.29, 0.717) is 19.3 Å². The van der Waals surface area contributed by atoms with E-state index >= 15 is 0 Å². The number of aliphatic hydroxyl groups is 2. The topological polar surface area (TPSA) is 128 Å². The molecule has 8 heteroatoms. The molecule has 164 valence electrons. The highest BCUT2D eigenvalue weighted by atomic mass is 16.6. The molecule has 0 spiro atoms. The molecule has 2 unspecified atom stereocenters. The van der Waals surface area contributed by atoms with E-state index in [1.807, 2.05) is 38.1 Å². The van der Waals surface area contributed by atoms with Gasteiger partial charge in [0.25, 0.3) is 0 Å². The molecule has 8 nitrogen and oxygen atoms in total. The highest BCUT2D eigenvalue weighted by Gasteiger charge is 2.54. The number of hydrogen-bond donors (Lipinski definition) is 4. The van der Waals surface area contributed by atoms with E-state index in [9.17, 15) is 24.6 Å². The van der Waals surface area contributed by atoms with Crippen molar-refractivity contribution in [3.05, 3.63) is 35.4 Å². The smallest absolute Gasteiger partial charge is 0.245 e. The third kappa shape index (κ3) is 4.88. The first-order chi connectivity index (χ1) is 14.3. The Morgan fingerprint density at radius 1 is 1.10 bits per heavy atom. The van der Waals surface area contributed by atoms with Crippen LogP contribution in [0.4, 0.5) is 0 Å². The van der Waals surface area contributed by atoms with E-state index in [0.717, 1.165) is 11.1 Å². The van der Waals surface area contributed by atoms with E-state index in [4.69, 9.17) is 4.74 Å². The van der Waals surface area contributed by atoms with E-state index in [1.54, 1.807) is 0 Å². The minimum Gasteiger partial charge on any atom is -0.394 e. The standard InChI is InChI=1S/C22H30N2O6/c1-13(2)7-17(19(27)22(11-26)12-30-22)23-21(29)18(10-25)24-20(28)16-8-14-5-3-4-6-15(14)9-16/h3-6,13,16-18,25-26H,7-12H2,1-2H3,(H,23,29)(H,24,28)/t17?,18-,22?/m0/s1. The van der Waals surface area contributed by atoms with Crippen molar-refractivity contribution in [1.82, 2.24) is 10.6 Å². The maximum absolute atomic E-state index is 12.7. The minimum absolute atomic E-state index is 0.105. The number of carbonyl (C=O) groups is 3. The van der Waals surface area contributed by atoms with Gasteiger partial charge in [0, 0.05) is 5.92 Å². The van der Waals surface area contributed by atoms with Gasteiger partial charge in [0.15, 0.2) is 11.4 Å². The third-order valence-corrected chi connectivity index (χ3v) is 5.77. The van der Waals surface area contributed by atoms with Crippen molar-refractivity contribution in [2.45, 2.75) is 50.8 Å². The second-order valence-electron chi connectivity index (χ2n) is 8.61. The quantitative estimate of drug-likeness (QED) is 0.388. The lowest BCUT2D eigenvalue weighted by Crippen LogP contribution is -2.56. The molecule has 3 rings (SSSR count). The summed E-state index contributed by atoms with van der Waals surface area (Å²) in [7, 11) is 0. The number of epoxide rings is 1. The van der Waals surface area contributed by atoms with Crippen LogP contribution in [0.3, 0.4) is 0 Å². The Hall–Kier alpha value is -2.29. The molecule has 0 saturated carbocycles.